The Morgan fingerprint density at radius 1 is 1.27 bits per heavy atom. The molecule has 1 amide bonds. The van der Waals surface area contributed by atoms with Crippen LogP contribution in [0.1, 0.15) is 37.7 Å². The summed E-state index contributed by atoms with van der Waals surface area (Å²) in [5.41, 5.74) is 1.13. The molecule has 0 radical (unpaired) electrons. The summed E-state index contributed by atoms with van der Waals surface area (Å²) in [4.78, 5) is 17.8. The first kappa shape index (κ1) is 17.6. The lowest BCUT2D eigenvalue weighted by Crippen LogP contribution is -2.50. The molecule has 4 rings (SSSR count). The number of piperidine rings is 1. The number of nitrogens with zero attached hydrogens (tertiary/aromatic N) is 2. The Labute approximate surface area is 156 Å². The van der Waals surface area contributed by atoms with E-state index >= 15 is 0 Å². The summed E-state index contributed by atoms with van der Waals surface area (Å²) in [6, 6.07) is 8.28. The Bertz CT molecular complexity index is 670. The maximum Gasteiger partial charge on any atom is 0.230 e. The first-order valence-corrected chi connectivity index (χ1v) is 10.0. The molecule has 1 saturated carbocycles. The minimum absolute atomic E-state index is 0.121. The first-order chi connectivity index (χ1) is 12.7. The number of benzene rings is 1. The van der Waals surface area contributed by atoms with Gasteiger partial charge in [-0.3, -0.25) is 9.69 Å². The van der Waals surface area contributed by atoms with Crippen molar-refractivity contribution in [1.82, 2.24) is 9.80 Å². The van der Waals surface area contributed by atoms with E-state index in [4.69, 9.17) is 4.74 Å². The molecule has 0 unspecified atom stereocenters. The SMILES string of the molecule is C=CCOc1cccc(CN2CC[C@]3(CCCN(CC4CC4)C3=O)C2)c1. The largest absolute Gasteiger partial charge is 0.490 e. The third-order valence-corrected chi connectivity index (χ3v) is 6.11. The fraction of sp³-hybridized carbons (Fsp3) is 0.591. The fourth-order valence-electron chi connectivity index (χ4n) is 4.56. The second-order valence-corrected chi connectivity index (χ2v) is 8.29. The van der Waals surface area contributed by atoms with Gasteiger partial charge in [0.25, 0.3) is 0 Å². The van der Waals surface area contributed by atoms with Crippen LogP contribution in [0.3, 0.4) is 0 Å². The third-order valence-electron chi connectivity index (χ3n) is 6.11. The molecule has 140 valence electrons. The van der Waals surface area contributed by atoms with Gasteiger partial charge < -0.3 is 9.64 Å². The number of likely N-dealkylation sites (tertiary alicyclic amines) is 2. The zero-order valence-corrected chi connectivity index (χ0v) is 15.7. The molecule has 4 nitrogen and oxygen atoms in total. The fourth-order valence-corrected chi connectivity index (χ4v) is 4.56. The molecule has 0 bridgehead atoms. The molecule has 0 aromatic heterocycles. The highest BCUT2D eigenvalue weighted by Crippen LogP contribution is 2.42. The number of ether oxygens (including phenoxy) is 1. The van der Waals surface area contributed by atoms with Gasteiger partial charge in [0.1, 0.15) is 12.4 Å². The molecule has 26 heavy (non-hydrogen) atoms. The van der Waals surface area contributed by atoms with Crippen LogP contribution >= 0.6 is 0 Å². The van der Waals surface area contributed by atoms with E-state index in [1.165, 1.54) is 18.4 Å². The number of carbonyl (C=O) groups is 1. The lowest BCUT2D eigenvalue weighted by molar-refractivity contribution is -0.145. The van der Waals surface area contributed by atoms with Crippen LogP contribution in [-0.2, 0) is 11.3 Å². The van der Waals surface area contributed by atoms with Gasteiger partial charge in [-0.2, -0.15) is 0 Å². The van der Waals surface area contributed by atoms with Gasteiger partial charge >= 0.3 is 0 Å². The Balaban J connectivity index is 1.38. The van der Waals surface area contributed by atoms with Crippen LogP contribution in [-0.4, -0.2) is 48.5 Å². The number of carbonyl (C=O) groups excluding carboxylic acids is 1. The minimum Gasteiger partial charge on any atom is -0.490 e. The van der Waals surface area contributed by atoms with Crippen molar-refractivity contribution in [3.05, 3.63) is 42.5 Å². The van der Waals surface area contributed by atoms with Crippen LogP contribution in [0.15, 0.2) is 36.9 Å². The quantitative estimate of drug-likeness (QED) is 0.703. The third kappa shape index (κ3) is 3.80. The van der Waals surface area contributed by atoms with Crippen LogP contribution in [0.25, 0.3) is 0 Å². The van der Waals surface area contributed by atoms with Crippen LogP contribution < -0.4 is 4.74 Å². The van der Waals surface area contributed by atoms with Gasteiger partial charge in [0.05, 0.1) is 5.41 Å². The van der Waals surface area contributed by atoms with Gasteiger partial charge in [-0.05, 0) is 62.3 Å². The van der Waals surface area contributed by atoms with Crippen LogP contribution in [0, 0.1) is 11.3 Å². The summed E-state index contributed by atoms with van der Waals surface area (Å²) in [6.07, 6.45) is 7.63. The average Bonchev–Trinajstić information content (AvgIpc) is 3.38. The van der Waals surface area contributed by atoms with E-state index in [1.54, 1.807) is 6.08 Å². The normalized spacial score (nSPS) is 26.5. The van der Waals surface area contributed by atoms with E-state index in [0.29, 0.717) is 12.5 Å². The zero-order chi connectivity index (χ0) is 18.0. The molecule has 1 aliphatic carbocycles. The smallest absolute Gasteiger partial charge is 0.230 e. The summed E-state index contributed by atoms with van der Waals surface area (Å²) in [5, 5.41) is 0. The van der Waals surface area contributed by atoms with Gasteiger partial charge in [-0.25, -0.2) is 0 Å². The second kappa shape index (κ2) is 7.43. The van der Waals surface area contributed by atoms with Crippen molar-refractivity contribution in [3.63, 3.8) is 0 Å². The average molecular weight is 354 g/mol. The molecule has 1 atom stereocenters. The number of rotatable bonds is 7. The molecule has 0 N–H and O–H groups in total. The van der Waals surface area contributed by atoms with Crippen molar-refractivity contribution in [1.29, 1.82) is 0 Å². The monoisotopic (exact) mass is 354 g/mol. The maximum absolute atomic E-state index is 13.2. The van der Waals surface area contributed by atoms with Gasteiger partial charge in [-0.1, -0.05) is 24.8 Å². The predicted molar refractivity (Wildman–Crippen MR) is 103 cm³/mol. The van der Waals surface area contributed by atoms with E-state index in [9.17, 15) is 4.79 Å². The van der Waals surface area contributed by atoms with Crippen molar-refractivity contribution in [2.24, 2.45) is 11.3 Å². The molecule has 2 heterocycles. The molecule has 4 heteroatoms. The van der Waals surface area contributed by atoms with Crippen molar-refractivity contribution in [3.8, 4) is 5.75 Å². The summed E-state index contributed by atoms with van der Waals surface area (Å²) in [7, 11) is 0. The highest BCUT2D eigenvalue weighted by atomic mass is 16.5. The Hall–Kier alpha value is -1.81. The summed E-state index contributed by atoms with van der Waals surface area (Å²) in [6.45, 7) is 9.01. The summed E-state index contributed by atoms with van der Waals surface area (Å²) < 4.78 is 5.65. The van der Waals surface area contributed by atoms with Crippen molar-refractivity contribution in [2.45, 2.75) is 38.6 Å². The van der Waals surface area contributed by atoms with E-state index in [1.807, 2.05) is 12.1 Å². The highest BCUT2D eigenvalue weighted by molar-refractivity contribution is 5.84. The lowest BCUT2D eigenvalue weighted by atomic mass is 9.78. The predicted octanol–water partition coefficient (Wildman–Crippen LogP) is 3.48. The molecule has 2 aliphatic heterocycles. The summed E-state index contributed by atoms with van der Waals surface area (Å²) in [5.74, 6) is 2.10. The summed E-state index contributed by atoms with van der Waals surface area (Å²) >= 11 is 0. The number of amides is 1. The van der Waals surface area contributed by atoms with Crippen molar-refractivity contribution in [2.75, 3.05) is 32.8 Å². The molecule has 3 aliphatic rings. The Morgan fingerprint density at radius 2 is 2.15 bits per heavy atom. The van der Waals surface area contributed by atoms with Crippen molar-refractivity contribution < 1.29 is 9.53 Å². The molecule has 2 saturated heterocycles. The maximum atomic E-state index is 13.2. The number of hydrogen-bond donors (Lipinski definition) is 0. The Morgan fingerprint density at radius 3 is 2.96 bits per heavy atom. The van der Waals surface area contributed by atoms with E-state index < -0.39 is 0 Å². The second-order valence-electron chi connectivity index (χ2n) is 8.29. The van der Waals surface area contributed by atoms with Gasteiger partial charge in [0.2, 0.25) is 5.91 Å². The number of hydrogen-bond acceptors (Lipinski definition) is 3. The molecule has 1 aromatic carbocycles. The molecular formula is C22H30N2O2. The van der Waals surface area contributed by atoms with Gasteiger partial charge in [0.15, 0.2) is 0 Å². The van der Waals surface area contributed by atoms with E-state index in [2.05, 4.69) is 28.5 Å². The lowest BCUT2D eigenvalue weighted by Gasteiger charge is -2.39. The van der Waals surface area contributed by atoms with Gasteiger partial charge in [0, 0.05) is 26.2 Å². The molecule has 3 fully saturated rings. The minimum atomic E-state index is -0.121. The zero-order valence-electron chi connectivity index (χ0n) is 15.7. The van der Waals surface area contributed by atoms with E-state index in [-0.39, 0.29) is 5.41 Å². The first-order valence-electron chi connectivity index (χ1n) is 10.0. The van der Waals surface area contributed by atoms with Crippen molar-refractivity contribution >= 4 is 5.91 Å². The van der Waals surface area contributed by atoms with Crippen LogP contribution in [0.4, 0.5) is 0 Å². The Kier molecular flexibility index (Phi) is 5.03. The molecular weight excluding hydrogens is 324 g/mol. The van der Waals surface area contributed by atoms with Gasteiger partial charge in [-0.15, -0.1) is 0 Å². The topological polar surface area (TPSA) is 32.8 Å². The molecule has 1 aromatic rings. The van der Waals surface area contributed by atoms with Crippen LogP contribution in [0.5, 0.6) is 5.75 Å². The van der Waals surface area contributed by atoms with Crippen LogP contribution in [0.2, 0.25) is 0 Å². The van der Waals surface area contributed by atoms with E-state index in [0.717, 1.165) is 63.7 Å². The molecule has 1 spiro atoms. The standard InChI is InChI=1S/C22H30N2O2/c1-2-13-26-20-6-3-5-19(14-20)15-23-12-10-22(17-23)9-4-11-24(21(22)25)16-18-7-8-18/h2-3,5-6,14,18H,1,4,7-13,15-17H2/t22-/m1/s1. The highest BCUT2D eigenvalue weighted by Gasteiger charge is 2.48.